The van der Waals surface area contributed by atoms with Crippen LogP contribution < -0.4 is 5.32 Å². The van der Waals surface area contributed by atoms with E-state index in [1.54, 1.807) is 11.8 Å². The number of carbonyl (C=O) groups is 1. The molecule has 1 fully saturated rings. The molecule has 1 N–H and O–H groups in total. The van der Waals surface area contributed by atoms with Gasteiger partial charge in [-0.15, -0.1) is 11.8 Å². The zero-order valence-electron chi connectivity index (χ0n) is 14.7. The van der Waals surface area contributed by atoms with Crippen LogP contribution in [-0.2, 0) is 17.9 Å². The van der Waals surface area contributed by atoms with Crippen molar-refractivity contribution in [1.82, 2.24) is 10.2 Å². The maximum Gasteiger partial charge on any atom is 0.230 e. The van der Waals surface area contributed by atoms with Crippen molar-refractivity contribution < 1.29 is 4.79 Å². The van der Waals surface area contributed by atoms with E-state index in [0.29, 0.717) is 12.3 Å². The van der Waals surface area contributed by atoms with Crippen LogP contribution in [-0.4, -0.2) is 34.4 Å². The number of thioether (sulfide) groups is 1. The Balaban J connectivity index is 1.73. The first-order chi connectivity index (χ1) is 10.9. The SMILES string of the molecule is CC(C)(C)SCC(=O)NCc1ccc(CN2CCCCC2)cc1. The number of piperidine rings is 1. The number of likely N-dealkylation sites (tertiary alicyclic amines) is 1. The van der Waals surface area contributed by atoms with Gasteiger partial charge < -0.3 is 5.32 Å². The molecule has 3 nitrogen and oxygen atoms in total. The van der Waals surface area contributed by atoms with E-state index in [-0.39, 0.29) is 10.7 Å². The molecule has 2 rings (SSSR count). The van der Waals surface area contributed by atoms with Crippen molar-refractivity contribution in [2.24, 2.45) is 0 Å². The van der Waals surface area contributed by atoms with E-state index in [1.165, 1.54) is 43.5 Å². The minimum Gasteiger partial charge on any atom is -0.351 e. The summed E-state index contributed by atoms with van der Waals surface area (Å²) in [5.41, 5.74) is 2.53. The van der Waals surface area contributed by atoms with Crippen LogP contribution in [0.3, 0.4) is 0 Å². The monoisotopic (exact) mass is 334 g/mol. The molecule has 1 saturated heterocycles. The zero-order valence-corrected chi connectivity index (χ0v) is 15.5. The van der Waals surface area contributed by atoms with Gasteiger partial charge in [0, 0.05) is 17.8 Å². The molecule has 1 aromatic rings. The first kappa shape index (κ1) is 18.3. The summed E-state index contributed by atoms with van der Waals surface area (Å²) in [5.74, 6) is 0.638. The summed E-state index contributed by atoms with van der Waals surface area (Å²) >= 11 is 1.68. The Bertz CT molecular complexity index is 487. The summed E-state index contributed by atoms with van der Waals surface area (Å²) in [6.45, 7) is 10.5. The van der Waals surface area contributed by atoms with Crippen molar-refractivity contribution in [2.75, 3.05) is 18.8 Å². The molecular formula is C19H30N2OS. The number of carbonyl (C=O) groups excluding carboxylic acids is 1. The Hall–Kier alpha value is -1.00. The number of rotatable bonds is 6. The van der Waals surface area contributed by atoms with Crippen molar-refractivity contribution in [2.45, 2.75) is 57.9 Å². The molecular weight excluding hydrogens is 304 g/mol. The smallest absolute Gasteiger partial charge is 0.230 e. The number of amides is 1. The average molecular weight is 335 g/mol. The lowest BCUT2D eigenvalue weighted by Crippen LogP contribution is -2.29. The number of hydrogen-bond donors (Lipinski definition) is 1. The normalized spacial score (nSPS) is 16.3. The van der Waals surface area contributed by atoms with Gasteiger partial charge in [-0.05, 0) is 37.1 Å². The van der Waals surface area contributed by atoms with Crippen LogP contribution in [0.15, 0.2) is 24.3 Å². The quantitative estimate of drug-likeness (QED) is 0.858. The number of hydrogen-bond acceptors (Lipinski definition) is 3. The lowest BCUT2D eigenvalue weighted by Gasteiger charge is -2.26. The van der Waals surface area contributed by atoms with Crippen LogP contribution in [0.2, 0.25) is 0 Å². The molecule has 0 atom stereocenters. The van der Waals surface area contributed by atoms with Crippen molar-refractivity contribution in [3.05, 3.63) is 35.4 Å². The van der Waals surface area contributed by atoms with Crippen molar-refractivity contribution in [3.8, 4) is 0 Å². The second-order valence-electron chi connectivity index (χ2n) is 7.33. The third-order valence-corrected chi connectivity index (χ3v) is 5.28. The fraction of sp³-hybridized carbons (Fsp3) is 0.632. The lowest BCUT2D eigenvalue weighted by atomic mass is 10.1. The van der Waals surface area contributed by atoms with E-state index in [1.807, 2.05) is 0 Å². The summed E-state index contributed by atoms with van der Waals surface area (Å²) in [6.07, 6.45) is 4.04. The molecule has 128 valence electrons. The molecule has 4 heteroatoms. The van der Waals surface area contributed by atoms with E-state index in [0.717, 1.165) is 6.54 Å². The maximum absolute atomic E-state index is 11.9. The van der Waals surface area contributed by atoms with Gasteiger partial charge in [0.25, 0.3) is 0 Å². The van der Waals surface area contributed by atoms with Crippen molar-refractivity contribution >= 4 is 17.7 Å². The minimum absolute atomic E-state index is 0.113. The summed E-state index contributed by atoms with van der Waals surface area (Å²) < 4.78 is 0.132. The molecule has 0 radical (unpaired) electrons. The average Bonchev–Trinajstić information content (AvgIpc) is 2.52. The maximum atomic E-state index is 11.9. The summed E-state index contributed by atoms with van der Waals surface area (Å²) in [6, 6.07) is 8.66. The highest BCUT2D eigenvalue weighted by atomic mass is 32.2. The number of nitrogens with one attached hydrogen (secondary N) is 1. The topological polar surface area (TPSA) is 32.3 Å². The van der Waals surface area contributed by atoms with Gasteiger partial charge in [-0.25, -0.2) is 0 Å². The molecule has 1 aromatic carbocycles. The van der Waals surface area contributed by atoms with Crippen molar-refractivity contribution in [3.63, 3.8) is 0 Å². The Morgan fingerprint density at radius 3 is 2.30 bits per heavy atom. The highest BCUT2D eigenvalue weighted by Gasteiger charge is 2.13. The van der Waals surface area contributed by atoms with Crippen molar-refractivity contribution in [1.29, 1.82) is 0 Å². The zero-order chi connectivity index (χ0) is 16.7. The molecule has 0 saturated carbocycles. The fourth-order valence-corrected chi connectivity index (χ4v) is 3.34. The molecule has 1 aliphatic rings. The Morgan fingerprint density at radius 2 is 1.70 bits per heavy atom. The van der Waals surface area contributed by atoms with Crippen LogP contribution in [0.1, 0.15) is 51.2 Å². The molecule has 0 aliphatic carbocycles. The fourth-order valence-electron chi connectivity index (χ4n) is 2.67. The van der Waals surface area contributed by atoms with Crippen LogP contribution >= 0.6 is 11.8 Å². The van der Waals surface area contributed by atoms with Gasteiger partial charge in [0.05, 0.1) is 5.75 Å². The second-order valence-corrected chi connectivity index (χ2v) is 9.13. The predicted octanol–water partition coefficient (Wildman–Crippen LogP) is 3.82. The largest absolute Gasteiger partial charge is 0.351 e. The van der Waals surface area contributed by atoms with Gasteiger partial charge in [-0.3, -0.25) is 9.69 Å². The van der Waals surface area contributed by atoms with E-state index in [2.05, 4.69) is 55.3 Å². The van der Waals surface area contributed by atoms with E-state index in [9.17, 15) is 4.79 Å². The van der Waals surface area contributed by atoms with E-state index >= 15 is 0 Å². The number of nitrogens with zero attached hydrogens (tertiary/aromatic N) is 1. The van der Waals surface area contributed by atoms with Crippen LogP contribution in [0.5, 0.6) is 0 Å². The van der Waals surface area contributed by atoms with Crippen LogP contribution in [0.4, 0.5) is 0 Å². The van der Waals surface area contributed by atoms with Gasteiger partial charge in [0.2, 0.25) is 5.91 Å². The first-order valence-electron chi connectivity index (χ1n) is 8.63. The summed E-state index contributed by atoms with van der Waals surface area (Å²) in [5, 5.41) is 3.00. The van der Waals surface area contributed by atoms with Crippen LogP contribution in [0.25, 0.3) is 0 Å². The molecule has 0 spiro atoms. The molecule has 23 heavy (non-hydrogen) atoms. The third kappa shape index (κ3) is 7.40. The van der Waals surface area contributed by atoms with Gasteiger partial charge in [-0.2, -0.15) is 0 Å². The number of benzene rings is 1. The molecule has 0 unspecified atom stereocenters. The van der Waals surface area contributed by atoms with Crippen LogP contribution in [0, 0.1) is 0 Å². The van der Waals surface area contributed by atoms with E-state index in [4.69, 9.17) is 0 Å². The molecule has 0 aromatic heterocycles. The minimum atomic E-state index is 0.113. The van der Waals surface area contributed by atoms with Gasteiger partial charge in [-0.1, -0.05) is 51.5 Å². The molecule has 1 heterocycles. The standard InChI is InChI=1S/C19H30N2OS/c1-19(2,3)23-15-18(22)20-13-16-7-9-17(10-8-16)14-21-11-5-4-6-12-21/h7-10H,4-6,11-15H2,1-3H3,(H,20,22). The Morgan fingerprint density at radius 1 is 1.09 bits per heavy atom. The third-order valence-electron chi connectivity index (χ3n) is 4.00. The first-order valence-corrected chi connectivity index (χ1v) is 9.62. The van der Waals surface area contributed by atoms with Gasteiger partial charge >= 0.3 is 0 Å². The molecule has 1 aliphatic heterocycles. The lowest BCUT2D eigenvalue weighted by molar-refractivity contribution is -0.118. The molecule has 1 amide bonds. The highest BCUT2D eigenvalue weighted by Crippen LogP contribution is 2.22. The molecule has 0 bridgehead atoms. The highest BCUT2D eigenvalue weighted by molar-refractivity contribution is 8.01. The summed E-state index contributed by atoms with van der Waals surface area (Å²) in [7, 11) is 0. The van der Waals surface area contributed by atoms with E-state index < -0.39 is 0 Å². The van der Waals surface area contributed by atoms with Gasteiger partial charge in [0.1, 0.15) is 0 Å². The Kier molecular flexibility index (Phi) is 6.97. The predicted molar refractivity (Wildman–Crippen MR) is 99.6 cm³/mol. The second kappa shape index (κ2) is 8.74. The Labute approximate surface area is 145 Å². The van der Waals surface area contributed by atoms with Gasteiger partial charge in [0.15, 0.2) is 0 Å². The summed E-state index contributed by atoms with van der Waals surface area (Å²) in [4.78, 5) is 14.4.